The van der Waals surface area contributed by atoms with Gasteiger partial charge < -0.3 is 21.0 Å². The number of benzene rings is 4. The maximum Gasteiger partial charge on any atom is 0.0711 e. The lowest BCUT2D eigenvalue weighted by Gasteiger charge is -2.29. The van der Waals surface area contributed by atoms with Crippen molar-refractivity contribution in [2.45, 2.75) is 70.5 Å². The van der Waals surface area contributed by atoms with Crippen LogP contribution in [0.25, 0.3) is 43.6 Å². The Morgan fingerprint density at radius 3 is 1.37 bits per heavy atom. The van der Waals surface area contributed by atoms with Gasteiger partial charge in [-0.05, 0) is 67.5 Å². The first kappa shape index (κ1) is 34.2. The number of nitrogens with zero attached hydrogens (tertiary/aromatic N) is 4. The fourth-order valence-electron chi connectivity index (χ4n) is 8.02. The number of aryl methyl sites for hydroxylation is 4. The summed E-state index contributed by atoms with van der Waals surface area (Å²) in [5.74, 6) is 0. The SMILES string of the molecule is CCC(N)(Cc1nccc2c3ccccc3n(CCCc3ccccc3)c12)Cc1nccc2c3ccccc3n(CCCc3ccccc3)c12.N. The lowest BCUT2D eigenvalue weighted by Crippen LogP contribution is -2.44. The molecule has 258 valence electrons. The summed E-state index contributed by atoms with van der Waals surface area (Å²) in [5, 5.41) is 5.05. The van der Waals surface area contributed by atoms with Crippen molar-refractivity contribution in [2.24, 2.45) is 5.73 Å². The highest BCUT2D eigenvalue weighted by molar-refractivity contribution is 6.09. The lowest BCUT2D eigenvalue weighted by molar-refractivity contribution is 0.398. The van der Waals surface area contributed by atoms with Gasteiger partial charge in [0.05, 0.1) is 22.4 Å². The molecule has 5 N–H and O–H groups in total. The molecule has 0 unspecified atom stereocenters. The van der Waals surface area contributed by atoms with Crippen LogP contribution in [-0.2, 0) is 38.8 Å². The summed E-state index contributed by atoms with van der Waals surface area (Å²) in [6.07, 6.45) is 10.3. The van der Waals surface area contributed by atoms with Crippen molar-refractivity contribution < 1.29 is 0 Å². The first-order valence-corrected chi connectivity index (χ1v) is 18.2. The summed E-state index contributed by atoms with van der Waals surface area (Å²) in [4.78, 5) is 10.1. The first-order valence-electron chi connectivity index (χ1n) is 18.2. The first-order chi connectivity index (χ1) is 24.6. The normalized spacial score (nSPS) is 11.9. The Morgan fingerprint density at radius 1 is 0.529 bits per heavy atom. The average Bonchev–Trinajstić information content (AvgIpc) is 3.66. The van der Waals surface area contributed by atoms with Crippen molar-refractivity contribution in [1.29, 1.82) is 0 Å². The highest BCUT2D eigenvalue weighted by Gasteiger charge is 2.29. The number of aromatic nitrogens is 4. The maximum atomic E-state index is 7.49. The van der Waals surface area contributed by atoms with Gasteiger partial charge in [0.15, 0.2) is 0 Å². The van der Waals surface area contributed by atoms with Gasteiger partial charge in [0.25, 0.3) is 0 Å². The molecule has 6 nitrogen and oxygen atoms in total. The van der Waals surface area contributed by atoms with E-state index in [1.807, 2.05) is 12.4 Å². The van der Waals surface area contributed by atoms with Crippen LogP contribution < -0.4 is 11.9 Å². The van der Waals surface area contributed by atoms with Gasteiger partial charge in [-0.15, -0.1) is 0 Å². The zero-order chi connectivity index (χ0) is 33.9. The van der Waals surface area contributed by atoms with E-state index in [0.29, 0.717) is 12.8 Å². The van der Waals surface area contributed by atoms with Gasteiger partial charge in [0, 0.05) is 76.4 Å². The predicted molar refractivity (Wildman–Crippen MR) is 214 cm³/mol. The Morgan fingerprint density at radius 2 is 0.941 bits per heavy atom. The summed E-state index contributed by atoms with van der Waals surface area (Å²) < 4.78 is 4.99. The van der Waals surface area contributed by atoms with Gasteiger partial charge in [0.1, 0.15) is 0 Å². The minimum absolute atomic E-state index is 0. The zero-order valence-electron chi connectivity index (χ0n) is 29.6. The van der Waals surface area contributed by atoms with E-state index in [0.717, 1.165) is 56.6 Å². The van der Waals surface area contributed by atoms with E-state index in [1.165, 1.54) is 54.7 Å². The van der Waals surface area contributed by atoms with E-state index in [4.69, 9.17) is 15.7 Å². The fourth-order valence-corrected chi connectivity index (χ4v) is 8.02. The number of nitrogens with two attached hydrogens (primary N) is 1. The van der Waals surface area contributed by atoms with E-state index < -0.39 is 5.54 Å². The highest BCUT2D eigenvalue weighted by Crippen LogP contribution is 2.35. The topological polar surface area (TPSA) is 96.7 Å². The van der Waals surface area contributed by atoms with Gasteiger partial charge >= 0.3 is 0 Å². The van der Waals surface area contributed by atoms with Gasteiger partial charge in [-0.3, -0.25) is 9.97 Å². The molecule has 0 saturated carbocycles. The Labute approximate surface area is 300 Å². The molecule has 0 aliphatic heterocycles. The van der Waals surface area contributed by atoms with Crippen molar-refractivity contribution in [1.82, 2.24) is 25.3 Å². The summed E-state index contributed by atoms with van der Waals surface area (Å²) in [5.41, 5.74) is 16.8. The van der Waals surface area contributed by atoms with Crippen LogP contribution in [0.2, 0.25) is 0 Å². The lowest BCUT2D eigenvalue weighted by atomic mass is 9.85. The molecule has 4 heterocycles. The molecule has 4 aromatic carbocycles. The van der Waals surface area contributed by atoms with E-state index in [1.54, 1.807) is 0 Å². The monoisotopic (exact) mass is 672 g/mol. The second kappa shape index (κ2) is 14.9. The molecule has 0 saturated heterocycles. The van der Waals surface area contributed by atoms with Crippen molar-refractivity contribution in [3.63, 3.8) is 0 Å². The van der Waals surface area contributed by atoms with Gasteiger partial charge in [-0.25, -0.2) is 0 Å². The van der Waals surface area contributed by atoms with Crippen molar-refractivity contribution in [2.75, 3.05) is 0 Å². The third-order valence-corrected chi connectivity index (χ3v) is 10.6. The predicted octanol–water partition coefficient (Wildman–Crippen LogP) is 10.0. The van der Waals surface area contributed by atoms with Crippen LogP contribution in [-0.4, -0.2) is 24.6 Å². The molecular formula is C45H48N6. The summed E-state index contributed by atoms with van der Waals surface area (Å²) >= 11 is 0. The van der Waals surface area contributed by atoms with E-state index >= 15 is 0 Å². The van der Waals surface area contributed by atoms with Crippen molar-refractivity contribution in [3.8, 4) is 0 Å². The van der Waals surface area contributed by atoms with Crippen molar-refractivity contribution >= 4 is 43.6 Å². The Balaban J connectivity index is 0.00000406. The van der Waals surface area contributed by atoms with Crippen LogP contribution in [0.4, 0.5) is 0 Å². The average molecular weight is 673 g/mol. The largest absolute Gasteiger partial charge is 0.344 e. The van der Waals surface area contributed by atoms with Crippen LogP contribution in [0.1, 0.15) is 48.7 Å². The maximum absolute atomic E-state index is 7.49. The van der Waals surface area contributed by atoms with Crippen LogP contribution in [0, 0.1) is 0 Å². The third-order valence-electron chi connectivity index (χ3n) is 10.6. The van der Waals surface area contributed by atoms with Crippen LogP contribution >= 0.6 is 0 Å². The second-order valence-corrected chi connectivity index (χ2v) is 13.9. The van der Waals surface area contributed by atoms with E-state index in [9.17, 15) is 0 Å². The molecule has 0 aliphatic rings. The van der Waals surface area contributed by atoms with Crippen LogP contribution in [0.5, 0.6) is 0 Å². The molecule has 51 heavy (non-hydrogen) atoms. The zero-order valence-corrected chi connectivity index (χ0v) is 29.6. The van der Waals surface area contributed by atoms with Crippen LogP contribution in [0.15, 0.2) is 134 Å². The Kier molecular flexibility index (Phi) is 9.98. The number of hydrogen-bond donors (Lipinski definition) is 2. The van der Waals surface area contributed by atoms with Gasteiger partial charge in [0.2, 0.25) is 0 Å². The molecule has 0 aliphatic carbocycles. The highest BCUT2D eigenvalue weighted by atomic mass is 15.0. The molecule has 8 rings (SSSR count). The Bertz CT molecular complexity index is 2220. The molecule has 0 fully saturated rings. The minimum atomic E-state index is -0.529. The third kappa shape index (κ3) is 6.77. The molecule has 0 spiro atoms. The molecular weight excluding hydrogens is 625 g/mol. The van der Waals surface area contributed by atoms with E-state index in [2.05, 4.69) is 137 Å². The Hall–Kier alpha value is -5.30. The van der Waals surface area contributed by atoms with Gasteiger partial charge in [-0.1, -0.05) is 104 Å². The molecule has 8 aromatic rings. The number of para-hydroxylation sites is 2. The summed E-state index contributed by atoms with van der Waals surface area (Å²) in [6, 6.07) is 43.5. The summed E-state index contributed by atoms with van der Waals surface area (Å²) in [6.45, 7) is 4.06. The van der Waals surface area contributed by atoms with Gasteiger partial charge in [-0.2, -0.15) is 0 Å². The fraction of sp³-hybridized carbons (Fsp3) is 0.244. The van der Waals surface area contributed by atoms with Crippen LogP contribution in [0.3, 0.4) is 0 Å². The van der Waals surface area contributed by atoms with Crippen molar-refractivity contribution in [3.05, 3.63) is 156 Å². The standard InChI is InChI=1S/C45H45N5.H3N/c1-2-45(46,31-39-43-37(25-27-47-39)35-21-9-11-23-41(35)49(43)29-13-19-33-15-5-3-6-16-33)32-40-44-38(26-28-48-40)36-22-10-12-24-42(36)50(44)30-14-20-34-17-7-4-8-18-34;/h3-12,15-18,21-28H,2,13-14,19-20,29-32,46H2,1H3;1H3. The quantitative estimate of drug-likeness (QED) is 0.127. The molecule has 4 aromatic heterocycles. The molecule has 6 heteroatoms. The second-order valence-electron chi connectivity index (χ2n) is 13.9. The molecule has 0 bridgehead atoms. The summed E-state index contributed by atoms with van der Waals surface area (Å²) in [7, 11) is 0. The number of pyridine rings is 2. The number of rotatable bonds is 13. The molecule has 0 amide bonds. The van der Waals surface area contributed by atoms with E-state index in [-0.39, 0.29) is 6.15 Å². The molecule has 0 radical (unpaired) electrons. The smallest absolute Gasteiger partial charge is 0.0711 e. The number of fused-ring (bicyclic) bond motifs is 6. The molecule has 0 atom stereocenters. The minimum Gasteiger partial charge on any atom is -0.344 e. The number of hydrogen-bond acceptors (Lipinski definition) is 4.